The highest BCUT2D eigenvalue weighted by Crippen LogP contribution is 2.23. The number of anilines is 3. The van der Waals surface area contributed by atoms with Crippen LogP contribution in [0.4, 0.5) is 17.1 Å². The summed E-state index contributed by atoms with van der Waals surface area (Å²) in [5.74, 6) is -0.164. The molecule has 98 valence electrons. The molecule has 0 atom stereocenters. The molecule has 0 spiro atoms. The summed E-state index contributed by atoms with van der Waals surface area (Å²) < 4.78 is 0. The highest BCUT2D eigenvalue weighted by molar-refractivity contribution is 6.01. The fourth-order valence-electron chi connectivity index (χ4n) is 1.87. The largest absolute Gasteiger partial charge is 0.399 e. The summed E-state index contributed by atoms with van der Waals surface area (Å²) in [5, 5.41) is 5.85. The first-order valence-corrected chi connectivity index (χ1v) is 6.05. The molecular formula is C15H17N3O. The molecule has 2 aromatic carbocycles. The first-order chi connectivity index (χ1) is 9.10. The summed E-state index contributed by atoms with van der Waals surface area (Å²) in [4.78, 5) is 11.8. The molecule has 4 nitrogen and oxygen atoms in total. The zero-order valence-electron chi connectivity index (χ0n) is 11.0. The fraction of sp³-hybridized carbons (Fsp3) is 0.133. The van der Waals surface area contributed by atoms with Crippen LogP contribution in [0.3, 0.4) is 0 Å². The van der Waals surface area contributed by atoms with Gasteiger partial charge in [-0.15, -0.1) is 0 Å². The molecule has 0 aromatic heterocycles. The minimum atomic E-state index is -0.164. The van der Waals surface area contributed by atoms with Gasteiger partial charge in [0.1, 0.15) is 0 Å². The molecule has 0 unspecified atom stereocenters. The highest BCUT2D eigenvalue weighted by Gasteiger charge is 2.10. The maximum atomic E-state index is 11.8. The smallest absolute Gasteiger partial charge is 0.253 e. The molecule has 0 radical (unpaired) electrons. The Morgan fingerprint density at radius 2 is 1.95 bits per heavy atom. The van der Waals surface area contributed by atoms with E-state index in [1.807, 2.05) is 37.3 Å². The zero-order valence-corrected chi connectivity index (χ0v) is 11.0. The van der Waals surface area contributed by atoms with Crippen LogP contribution in [0.1, 0.15) is 15.9 Å². The van der Waals surface area contributed by atoms with E-state index in [1.165, 1.54) is 0 Å². The van der Waals surface area contributed by atoms with E-state index in [9.17, 15) is 4.79 Å². The third-order valence-corrected chi connectivity index (χ3v) is 2.81. The Morgan fingerprint density at radius 3 is 2.63 bits per heavy atom. The Bertz CT molecular complexity index is 608. The van der Waals surface area contributed by atoms with Crippen LogP contribution in [0.5, 0.6) is 0 Å². The average Bonchev–Trinajstić information content (AvgIpc) is 2.40. The summed E-state index contributed by atoms with van der Waals surface area (Å²) in [6.07, 6.45) is 0. The lowest BCUT2D eigenvalue weighted by Gasteiger charge is -2.12. The van der Waals surface area contributed by atoms with Crippen molar-refractivity contribution in [1.82, 2.24) is 5.32 Å². The Morgan fingerprint density at radius 1 is 1.16 bits per heavy atom. The number of hydrogen-bond acceptors (Lipinski definition) is 3. The number of amides is 1. The number of hydrogen-bond donors (Lipinski definition) is 3. The lowest BCUT2D eigenvalue weighted by molar-refractivity contribution is 0.0964. The molecule has 1 amide bonds. The van der Waals surface area contributed by atoms with Crippen molar-refractivity contribution in [2.24, 2.45) is 0 Å². The Hall–Kier alpha value is -2.49. The molecule has 0 heterocycles. The molecule has 0 fully saturated rings. The van der Waals surface area contributed by atoms with Crippen LogP contribution >= 0.6 is 0 Å². The van der Waals surface area contributed by atoms with Crippen LogP contribution < -0.4 is 16.4 Å². The van der Waals surface area contributed by atoms with Gasteiger partial charge in [-0.25, -0.2) is 0 Å². The average molecular weight is 255 g/mol. The number of rotatable bonds is 3. The molecule has 0 bridgehead atoms. The van der Waals surface area contributed by atoms with Crippen molar-refractivity contribution < 1.29 is 4.79 Å². The van der Waals surface area contributed by atoms with Crippen molar-refractivity contribution in [2.45, 2.75) is 6.92 Å². The normalized spacial score (nSPS) is 10.0. The predicted molar refractivity (Wildman–Crippen MR) is 78.7 cm³/mol. The van der Waals surface area contributed by atoms with Gasteiger partial charge in [0.25, 0.3) is 5.91 Å². The van der Waals surface area contributed by atoms with Crippen molar-refractivity contribution in [1.29, 1.82) is 0 Å². The number of nitrogen functional groups attached to an aromatic ring is 1. The highest BCUT2D eigenvalue weighted by atomic mass is 16.1. The van der Waals surface area contributed by atoms with Gasteiger partial charge in [-0.05, 0) is 42.8 Å². The molecule has 2 rings (SSSR count). The van der Waals surface area contributed by atoms with Crippen LogP contribution in [-0.2, 0) is 0 Å². The Balaban J connectivity index is 2.37. The lowest BCUT2D eigenvalue weighted by Crippen LogP contribution is -2.19. The van der Waals surface area contributed by atoms with E-state index in [-0.39, 0.29) is 5.91 Å². The summed E-state index contributed by atoms with van der Waals surface area (Å²) in [7, 11) is 1.60. The molecule has 4 N–H and O–H groups in total. The Labute approximate surface area is 112 Å². The SMILES string of the molecule is CNC(=O)c1cc(N)ccc1Nc1cccc(C)c1. The molecule has 4 heteroatoms. The van der Waals surface area contributed by atoms with E-state index in [0.29, 0.717) is 11.3 Å². The van der Waals surface area contributed by atoms with Gasteiger partial charge >= 0.3 is 0 Å². The van der Waals surface area contributed by atoms with Gasteiger partial charge < -0.3 is 16.4 Å². The topological polar surface area (TPSA) is 67.2 Å². The van der Waals surface area contributed by atoms with Gasteiger partial charge in [-0.1, -0.05) is 12.1 Å². The molecule has 2 aromatic rings. The van der Waals surface area contributed by atoms with Gasteiger partial charge in [0.2, 0.25) is 0 Å². The van der Waals surface area contributed by atoms with Gasteiger partial charge in [0, 0.05) is 18.4 Å². The van der Waals surface area contributed by atoms with Gasteiger partial charge in [-0.3, -0.25) is 4.79 Å². The summed E-state index contributed by atoms with van der Waals surface area (Å²) in [6.45, 7) is 2.02. The maximum Gasteiger partial charge on any atom is 0.253 e. The molecule has 0 aliphatic carbocycles. The summed E-state index contributed by atoms with van der Waals surface area (Å²) in [6, 6.07) is 13.2. The van der Waals surface area contributed by atoms with E-state index in [0.717, 1.165) is 16.9 Å². The molecule has 0 saturated heterocycles. The van der Waals surface area contributed by atoms with Crippen LogP contribution in [0.15, 0.2) is 42.5 Å². The summed E-state index contributed by atoms with van der Waals surface area (Å²) >= 11 is 0. The van der Waals surface area contributed by atoms with E-state index in [2.05, 4.69) is 10.6 Å². The first kappa shape index (κ1) is 13.0. The predicted octanol–water partition coefficient (Wildman–Crippen LogP) is 2.68. The maximum absolute atomic E-state index is 11.8. The molecular weight excluding hydrogens is 238 g/mol. The minimum Gasteiger partial charge on any atom is -0.399 e. The van der Waals surface area contributed by atoms with E-state index >= 15 is 0 Å². The minimum absolute atomic E-state index is 0.164. The third-order valence-electron chi connectivity index (χ3n) is 2.81. The number of benzene rings is 2. The van der Waals surface area contributed by atoms with Gasteiger partial charge in [0.05, 0.1) is 11.3 Å². The standard InChI is InChI=1S/C15H17N3O/c1-10-4-3-5-12(8-10)18-14-7-6-11(16)9-13(14)15(19)17-2/h3-9,18H,16H2,1-2H3,(H,17,19). The van der Waals surface area contributed by atoms with Crippen LogP contribution in [0.2, 0.25) is 0 Å². The number of carbonyl (C=O) groups is 1. The Kier molecular flexibility index (Phi) is 3.71. The number of nitrogens with one attached hydrogen (secondary N) is 2. The third kappa shape index (κ3) is 3.04. The molecule has 0 saturated carbocycles. The molecule has 0 aliphatic rings. The van der Waals surface area contributed by atoms with Crippen molar-refractivity contribution in [3.8, 4) is 0 Å². The molecule has 0 aliphatic heterocycles. The fourth-order valence-corrected chi connectivity index (χ4v) is 1.87. The van der Waals surface area contributed by atoms with E-state index < -0.39 is 0 Å². The first-order valence-electron chi connectivity index (χ1n) is 6.05. The van der Waals surface area contributed by atoms with Crippen molar-refractivity contribution in [3.63, 3.8) is 0 Å². The lowest BCUT2D eigenvalue weighted by atomic mass is 10.1. The van der Waals surface area contributed by atoms with E-state index in [4.69, 9.17) is 5.73 Å². The number of nitrogens with two attached hydrogens (primary N) is 1. The van der Waals surface area contributed by atoms with Crippen molar-refractivity contribution >= 4 is 23.0 Å². The van der Waals surface area contributed by atoms with Crippen LogP contribution in [0.25, 0.3) is 0 Å². The van der Waals surface area contributed by atoms with Crippen molar-refractivity contribution in [2.75, 3.05) is 18.1 Å². The second-order valence-electron chi connectivity index (χ2n) is 4.38. The summed E-state index contributed by atoms with van der Waals surface area (Å²) in [5.41, 5.74) is 9.65. The van der Waals surface area contributed by atoms with Gasteiger partial charge in [0.15, 0.2) is 0 Å². The number of carbonyl (C=O) groups excluding carboxylic acids is 1. The van der Waals surface area contributed by atoms with Gasteiger partial charge in [-0.2, -0.15) is 0 Å². The quantitative estimate of drug-likeness (QED) is 0.739. The second kappa shape index (κ2) is 5.44. The van der Waals surface area contributed by atoms with E-state index in [1.54, 1.807) is 19.2 Å². The molecule has 19 heavy (non-hydrogen) atoms. The number of aryl methyl sites for hydroxylation is 1. The second-order valence-corrected chi connectivity index (χ2v) is 4.38. The zero-order chi connectivity index (χ0) is 13.8. The van der Waals surface area contributed by atoms with Crippen LogP contribution in [0, 0.1) is 6.92 Å². The van der Waals surface area contributed by atoms with Crippen molar-refractivity contribution in [3.05, 3.63) is 53.6 Å². The van der Waals surface area contributed by atoms with Crippen LogP contribution in [-0.4, -0.2) is 13.0 Å². The monoisotopic (exact) mass is 255 g/mol.